The highest BCUT2D eigenvalue weighted by Gasteiger charge is 2.35. The Hall–Kier alpha value is -3.07. The van der Waals surface area contributed by atoms with Gasteiger partial charge in [0.1, 0.15) is 12.6 Å². The number of hydrogen-bond donors (Lipinski definition) is 1. The Bertz CT molecular complexity index is 1510. The lowest BCUT2D eigenvalue weighted by atomic mass is 10.0. The van der Waals surface area contributed by atoms with Gasteiger partial charge in [0.2, 0.25) is 21.8 Å². The average molecular weight is 631 g/mol. The second-order valence-electron chi connectivity index (χ2n) is 11.0. The zero-order valence-corrected chi connectivity index (χ0v) is 26.5. The van der Waals surface area contributed by atoms with Crippen LogP contribution >= 0.6 is 23.2 Å². The summed E-state index contributed by atoms with van der Waals surface area (Å²) in [4.78, 5) is 29.7. The Kier molecular flexibility index (Phi) is 10.6. The van der Waals surface area contributed by atoms with E-state index >= 15 is 0 Å². The Morgan fingerprint density at radius 3 is 2.21 bits per heavy atom. The standard InChI is InChI=1S/C32H37Cl2N3O4S/c1-22-16-17-23(2)29(18-22)37(42(3,40)41)21-31(38)36(20-26-27(33)14-9-15-28(26)34)30(19-24-10-5-4-6-11-24)32(39)35-25-12-7-8-13-25/h4-6,9-11,14-18,25,30H,7-8,12-13,19-21H2,1-3H3,(H,35,39)/t30-/m0/s1. The van der Waals surface area contributed by atoms with E-state index in [1.54, 1.807) is 31.2 Å². The van der Waals surface area contributed by atoms with Crippen molar-refractivity contribution in [3.8, 4) is 0 Å². The normalized spacial score (nSPS) is 14.4. The molecule has 1 N–H and O–H groups in total. The summed E-state index contributed by atoms with van der Waals surface area (Å²) in [5.74, 6) is -0.834. The molecule has 1 aliphatic rings. The molecule has 0 radical (unpaired) electrons. The third-order valence-electron chi connectivity index (χ3n) is 7.68. The fourth-order valence-corrected chi connectivity index (χ4v) is 6.77. The molecule has 0 saturated heterocycles. The van der Waals surface area contributed by atoms with Crippen molar-refractivity contribution >= 4 is 50.7 Å². The summed E-state index contributed by atoms with van der Waals surface area (Å²) < 4.78 is 27.3. The van der Waals surface area contributed by atoms with Gasteiger partial charge in [0.15, 0.2) is 0 Å². The minimum atomic E-state index is -3.87. The van der Waals surface area contributed by atoms with Gasteiger partial charge >= 0.3 is 0 Å². The molecule has 0 heterocycles. The molecule has 4 rings (SSSR count). The van der Waals surface area contributed by atoms with Gasteiger partial charge in [0, 0.05) is 34.6 Å². The predicted molar refractivity (Wildman–Crippen MR) is 169 cm³/mol. The fourth-order valence-electron chi connectivity index (χ4n) is 5.36. The van der Waals surface area contributed by atoms with Crippen molar-refractivity contribution in [3.05, 3.63) is 99.0 Å². The molecule has 0 unspecified atom stereocenters. The summed E-state index contributed by atoms with van der Waals surface area (Å²) in [7, 11) is -3.87. The summed E-state index contributed by atoms with van der Waals surface area (Å²) in [6, 6.07) is 19.0. The highest BCUT2D eigenvalue weighted by molar-refractivity contribution is 7.92. The molecule has 0 aliphatic heterocycles. The zero-order valence-electron chi connectivity index (χ0n) is 24.1. The summed E-state index contributed by atoms with van der Waals surface area (Å²) in [6.07, 6.45) is 5.13. The molecular weight excluding hydrogens is 593 g/mol. The molecule has 42 heavy (non-hydrogen) atoms. The number of carbonyl (C=O) groups is 2. The predicted octanol–water partition coefficient (Wildman–Crippen LogP) is 6.08. The van der Waals surface area contributed by atoms with Gasteiger partial charge in [-0.2, -0.15) is 0 Å². The first-order chi connectivity index (χ1) is 19.9. The molecule has 1 saturated carbocycles. The lowest BCUT2D eigenvalue weighted by Gasteiger charge is -2.34. The van der Waals surface area contributed by atoms with Crippen LogP contribution in [0.2, 0.25) is 10.0 Å². The van der Waals surface area contributed by atoms with Gasteiger partial charge in [-0.1, -0.05) is 84.6 Å². The van der Waals surface area contributed by atoms with Gasteiger partial charge in [0.25, 0.3) is 0 Å². The first-order valence-corrected chi connectivity index (χ1v) is 16.7. The van der Waals surface area contributed by atoms with Crippen LogP contribution in [0.4, 0.5) is 5.69 Å². The number of anilines is 1. The first-order valence-electron chi connectivity index (χ1n) is 14.1. The number of halogens is 2. The van der Waals surface area contributed by atoms with E-state index in [2.05, 4.69) is 5.32 Å². The van der Waals surface area contributed by atoms with Crippen LogP contribution in [0.5, 0.6) is 0 Å². The van der Waals surface area contributed by atoms with Crippen molar-refractivity contribution in [2.24, 2.45) is 0 Å². The third kappa shape index (κ3) is 8.06. The van der Waals surface area contributed by atoms with Crippen LogP contribution in [0.15, 0.2) is 66.7 Å². The first kappa shape index (κ1) is 31.9. The van der Waals surface area contributed by atoms with Crippen molar-refractivity contribution in [2.75, 3.05) is 17.1 Å². The van der Waals surface area contributed by atoms with Crippen LogP contribution in [0, 0.1) is 13.8 Å². The highest BCUT2D eigenvalue weighted by atomic mass is 35.5. The smallest absolute Gasteiger partial charge is 0.244 e. The summed E-state index contributed by atoms with van der Waals surface area (Å²) in [6.45, 7) is 3.09. The van der Waals surface area contributed by atoms with E-state index in [0.717, 1.165) is 47.4 Å². The third-order valence-corrected chi connectivity index (χ3v) is 9.51. The second kappa shape index (κ2) is 13.9. The number of nitrogens with one attached hydrogen (secondary N) is 1. The Labute approximate surface area is 258 Å². The molecule has 224 valence electrons. The van der Waals surface area contributed by atoms with Crippen LogP contribution in [0.3, 0.4) is 0 Å². The largest absolute Gasteiger partial charge is 0.352 e. The van der Waals surface area contributed by atoms with Crippen molar-refractivity contribution in [1.82, 2.24) is 10.2 Å². The second-order valence-corrected chi connectivity index (χ2v) is 13.7. The van der Waals surface area contributed by atoms with Crippen LogP contribution in [0.1, 0.15) is 47.9 Å². The molecule has 3 aromatic carbocycles. The van der Waals surface area contributed by atoms with Gasteiger partial charge in [-0.15, -0.1) is 0 Å². The number of aryl methyl sites for hydroxylation is 2. The quantitative estimate of drug-likeness (QED) is 0.279. The minimum Gasteiger partial charge on any atom is -0.352 e. The molecule has 1 atom stereocenters. The van der Waals surface area contributed by atoms with Gasteiger partial charge in [0.05, 0.1) is 11.9 Å². The summed E-state index contributed by atoms with van der Waals surface area (Å²) in [5, 5.41) is 3.85. The maximum atomic E-state index is 14.3. The van der Waals surface area contributed by atoms with Gasteiger partial charge in [-0.3, -0.25) is 13.9 Å². The van der Waals surface area contributed by atoms with E-state index in [-0.39, 0.29) is 24.9 Å². The topological polar surface area (TPSA) is 86.8 Å². The zero-order chi connectivity index (χ0) is 30.4. The van der Waals surface area contributed by atoms with E-state index in [0.29, 0.717) is 26.9 Å². The number of rotatable bonds is 11. The maximum Gasteiger partial charge on any atom is 0.244 e. The number of benzene rings is 3. The Balaban J connectivity index is 1.78. The van der Waals surface area contributed by atoms with E-state index in [9.17, 15) is 18.0 Å². The fraction of sp³-hybridized carbons (Fsp3) is 0.375. The molecule has 7 nitrogen and oxygen atoms in total. The minimum absolute atomic E-state index is 0.0269. The van der Waals surface area contributed by atoms with E-state index in [1.807, 2.05) is 49.4 Å². The summed E-state index contributed by atoms with van der Waals surface area (Å²) >= 11 is 13.1. The lowest BCUT2D eigenvalue weighted by molar-refractivity contribution is -0.140. The Morgan fingerprint density at radius 2 is 1.60 bits per heavy atom. The monoisotopic (exact) mass is 629 g/mol. The summed E-state index contributed by atoms with van der Waals surface area (Å²) in [5.41, 5.74) is 3.32. The molecule has 10 heteroatoms. The van der Waals surface area contributed by atoms with E-state index < -0.39 is 28.5 Å². The van der Waals surface area contributed by atoms with Crippen LogP contribution in [-0.2, 0) is 32.6 Å². The molecular formula is C32H37Cl2N3O4S. The number of hydrogen-bond acceptors (Lipinski definition) is 4. The molecule has 1 aliphatic carbocycles. The SMILES string of the molecule is Cc1ccc(C)c(N(CC(=O)N(Cc2c(Cl)cccc2Cl)[C@@H](Cc2ccccc2)C(=O)NC2CCCC2)S(C)(=O)=O)c1. The van der Waals surface area contributed by atoms with E-state index in [4.69, 9.17) is 23.2 Å². The molecule has 0 spiro atoms. The van der Waals surface area contributed by atoms with Crippen LogP contribution in [0.25, 0.3) is 0 Å². The number of nitrogens with zero attached hydrogens (tertiary/aromatic N) is 2. The average Bonchev–Trinajstić information content (AvgIpc) is 3.45. The van der Waals surface area contributed by atoms with Crippen molar-refractivity contribution in [3.63, 3.8) is 0 Å². The van der Waals surface area contributed by atoms with E-state index in [1.165, 1.54) is 4.90 Å². The van der Waals surface area contributed by atoms with Crippen molar-refractivity contribution in [2.45, 2.75) is 64.6 Å². The molecule has 0 aromatic heterocycles. The van der Waals surface area contributed by atoms with Gasteiger partial charge in [-0.25, -0.2) is 8.42 Å². The highest BCUT2D eigenvalue weighted by Crippen LogP contribution is 2.29. The Morgan fingerprint density at radius 1 is 0.952 bits per heavy atom. The maximum absolute atomic E-state index is 14.3. The molecule has 1 fully saturated rings. The van der Waals surface area contributed by atoms with Crippen molar-refractivity contribution in [1.29, 1.82) is 0 Å². The molecule has 3 aromatic rings. The van der Waals surface area contributed by atoms with Crippen LogP contribution in [-0.4, -0.2) is 50.0 Å². The number of amides is 2. The lowest BCUT2D eigenvalue weighted by Crippen LogP contribution is -2.54. The number of carbonyl (C=O) groups excluding carboxylic acids is 2. The van der Waals surface area contributed by atoms with Gasteiger partial charge < -0.3 is 10.2 Å². The molecule has 0 bridgehead atoms. The van der Waals surface area contributed by atoms with Crippen LogP contribution < -0.4 is 9.62 Å². The molecule has 2 amide bonds. The van der Waals surface area contributed by atoms with Crippen molar-refractivity contribution < 1.29 is 18.0 Å². The number of sulfonamides is 1. The van der Waals surface area contributed by atoms with Gasteiger partial charge in [-0.05, 0) is 61.6 Å².